The van der Waals surface area contributed by atoms with Gasteiger partial charge in [0.2, 0.25) is 0 Å². The highest BCUT2D eigenvalue weighted by molar-refractivity contribution is 9.10. The predicted molar refractivity (Wildman–Crippen MR) is 56.4 cm³/mol. The molecule has 0 saturated carbocycles. The third-order valence-corrected chi connectivity index (χ3v) is 3.25. The fraction of sp³-hybridized carbons (Fsp3) is 0.364. The van der Waals surface area contributed by atoms with Crippen molar-refractivity contribution in [2.75, 3.05) is 0 Å². The second-order valence-electron chi connectivity index (χ2n) is 3.98. The van der Waals surface area contributed by atoms with Crippen molar-refractivity contribution in [2.45, 2.75) is 25.2 Å². The van der Waals surface area contributed by atoms with Gasteiger partial charge in [0.25, 0.3) is 0 Å². The van der Waals surface area contributed by atoms with Crippen LogP contribution < -0.4 is 0 Å². The normalized spacial score (nSPS) is 29.1. The van der Waals surface area contributed by atoms with E-state index < -0.39 is 35.4 Å². The van der Waals surface area contributed by atoms with Crippen LogP contribution in [0.15, 0.2) is 16.6 Å². The first-order valence-corrected chi connectivity index (χ1v) is 5.49. The average Bonchev–Trinajstić information content (AvgIpc) is 2.13. The standard InChI is InChI=1S/C11H8BrF3O/c1-11(15)9(14)4-8(16)6-2-5(12)3-7(13)10(6)11/h2-3,9H,4H2,1H3. The van der Waals surface area contributed by atoms with Crippen LogP contribution in [0.5, 0.6) is 0 Å². The molecule has 1 aromatic carbocycles. The highest BCUT2D eigenvalue weighted by Crippen LogP contribution is 2.42. The Bertz CT molecular complexity index is 471. The first-order chi connectivity index (χ1) is 7.34. The van der Waals surface area contributed by atoms with Gasteiger partial charge in [0.05, 0.1) is 0 Å². The van der Waals surface area contributed by atoms with Gasteiger partial charge in [0, 0.05) is 22.0 Å². The van der Waals surface area contributed by atoms with E-state index in [0.717, 1.165) is 13.0 Å². The zero-order chi connectivity index (χ0) is 12.1. The minimum absolute atomic E-state index is 0.0780. The maximum Gasteiger partial charge on any atom is 0.168 e. The summed E-state index contributed by atoms with van der Waals surface area (Å²) in [4.78, 5) is 11.5. The third-order valence-electron chi connectivity index (χ3n) is 2.80. The molecule has 0 heterocycles. The molecular formula is C11H8BrF3O. The highest BCUT2D eigenvalue weighted by Gasteiger charge is 2.46. The number of alkyl halides is 2. The van der Waals surface area contributed by atoms with E-state index in [1.54, 1.807) is 0 Å². The van der Waals surface area contributed by atoms with Crippen LogP contribution >= 0.6 is 15.9 Å². The summed E-state index contributed by atoms with van der Waals surface area (Å²) in [5, 5.41) is 0. The number of Topliss-reactive ketones (excluding diaryl/α,β-unsaturated/α-hetero) is 1. The van der Waals surface area contributed by atoms with Crippen LogP contribution in [0.4, 0.5) is 13.2 Å². The molecular weight excluding hydrogens is 285 g/mol. The van der Waals surface area contributed by atoms with Crippen LogP contribution in [-0.2, 0) is 5.67 Å². The number of rotatable bonds is 0. The summed E-state index contributed by atoms with van der Waals surface area (Å²) in [5.41, 5.74) is -3.00. The van der Waals surface area contributed by atoms with Crippen molar-refractivity contribution in [1.29, 1.82) is 0 Å². The number of carbonyl (C=O) groups is 1. The smallest absolute Gasteiger partial charge is 0.168 e. The lowest BCUT2D eigenvalue weighted by Gasteiger charge is -2.31. The second kappa shape index (κ2) is 3.58. The van der Waals surface area contributed by atoms with E-state index in [1.807, 2.05) is 0 Å². The van der Waals surface area contributed by atoms with Gasteiger partial charge in [-0.05, 0) is 19.1 Å². The lowest BCUT2D eigenvalue weighted by atomic mass is 9.79. The molecule has 0 amide bonds. The van der Waals surface area contributed by atoms with Crippen LogP contribution in [0, 0.1) is 5.82 Å². The lowest BCUT2D eigenvalue weighted by molar-refractivity contribution is 0.0410. The monoisotopic (exact) mass is 292 g/mol. The molecule has 2 rings (SSSR count). The van der Waals surface area contributed by atoms with Crippen LogP contribution in [-0.4, -0.2) is 12.0 Å². The van der Waals surface area contributed by atoms with E-state index in [4.69, 9.17) is 0 Å². The van der Waals surface area contributed by atoms with Crippen molar-refractivity contribution >= 4 is 21.7 Å². The van der Waals surface area contributed by atoms with E-state index in [2.05, 4.69) is 15.9 Å². The van der Waals surface area contributed by atoms with Crippen LogP contribution in [0.1, 0.15) is 29.3 Å². The molecule has 1 aromatic rings. The van der Waals surface area contributed by atoms with Gasteiger partial charge in [0.15, 0.2) is 11.5 Å². The fourth-order valence-corrected chi connectivity index (χ4v) is 2.34. The summed E-state index contributed by atoms with van der Waals surface area (Å²) >= 11 is 3.01. The number of carbonyl (C=O) groups excluding carboxylic acids is 1. The van der Waals surface area contributed by atoms with Gasteiger partial charge in [-0.2, -0.15) is 0 Å². The molecule has 16 heavy (non-hydrogen) atoms. The molecule has 0 spiro atoms. The molecule has 1 nitrogen and oxygen atoms in total. The quantitative estimate of drug-likeness (QED) is 0.713. The van der Waals surface area contributed by atoms with Crippen molar-refractivity contribution in [3.63, 3.8) is 0 Å². The number of ketones is 1. The number of fused-ring (bicyclic) bond motifs is 1. The van der Waals surface area contributed by atoms with Gasteiger partial charge in [-0.1, -0.05) is 15.9 Å². The number of benzene rings is 1. The van der Waals surface area contributed by atoms with Gasteiger partial charge in [-0.15, -0.1) is 0 Å². The van der Waals surface area contributed by atoms with Crippen molar-refractivity contribution < 1.29 is 18.0 Å². The molecule has 5 heteroatoms. The SMILES string of the molecule is CC1(F)c2c(F)cc(Br)cc2C(=O)CC1F. The molecule has 0 aliphatic heterocycles. The summed E-state index contributed by atoms with van der Waals surface area (Å²) in [6.45, 7) is 0.958. The maximum atomic E-state index is 14.0. The first kappa shape index (κ1) is 11.6. The zero-order valence-corrected chi connectivity index (χ0v) is 9.95. The molecule has 86 valence electrons. The van der Waals surface area contributed by atoms with E-state index >= 15 is 0 Å². The first-order valence-electron chi connectivity index (χ1n) is 4.69. The third kappa shape index (κ3) is 1.57. The molecule has 1 aliphatic rings. The van der Waals surface area contributed by atoms with Gasteiger partial charge in [0.1, 0.15) is 12.0 Å². The highest BCUT2D eigenvalue weighted by atomic mass is 79.9. The van der Waals surface area contributed by atoms with E-state index in [-0.39, 0.29) is 5.56 Å². The number of hydrogen-bond acceptors (Lipinski definition) is 1. The van der Waals surface area contributed by atoms with Crippen LogP contribution in [0.3, 0.4) is 0 Å². The van der Waals surface area contributed by atoms with E-state index in [1.165, 1.54) is 6.07 Å². The second-order valence-corrected chi connectivity index (χ2v) is 4.90. The van der Waals surface area contributed by atoms with Gasteiger partial charge in [-0.3, -0.25) is 4.79 Å². The maximum absolute atomic E-state index is 14.0. The Balaban J connectivity index is 2.74. The molecule has 0 fully saturated rings. The Morgan fingerprint density at radius 1 is 1.50 bits per heavy atom. The van der Waals surface area contributed by atoms with Crippen molar-refractivity contribution in [3.8, 4) is 0 Å². The minimum Gasteiger partial charge on any atom is -0.294 e. The number of halogens is 4. The molecule has 0 saturated heterocycles. The zero-order valence-electron chi connectivity index (χ0n) is 8.36. The Labute approximate surface area is 98.8 Å². The topological polar surface area (TPSA) is 17.1 Å². The summed E-state index contributed by atoms with van der Waals surface area (Å²) in [5.74, 6) is -1.47. The fourth-order valence-electron chi connectivity index (χ4n) is 1.91. The van der Waals surface area contributed by atoms with Crippen LogP contribution in [0.2, 0.25) is 0 Å². The average molecular weight is 293 g/mol. The molecule has 0 aromatic heterocycles. The van der Waals surface area contributed by atoms with Crippen molar-refractivity contribution in [3.05, 3.63) is 33.5 Å². The van der Waals surface area contributed by atoms with E-state index in [0.29, 0.717) is 4.47 Å². The Kier molecular flexibility index (Phi) is 2.61. The van der Waals surface area contributed by atoms with Crippen molar-refractivity contribution in [1.82, 2.24) is 0 Å². The molecule has 0 bridgehead atoms. The molecule has 0 N–H and O–H groups in total. The largest absolute Gasteiger partial charge is 0.294 e. The van der Waals surface area contributed by atoms with Crippen LogP contribution in [0.25, 0.3) is 0 Å². The summed E-state index contributed by atoms with van der Waals surface area (Å²) < 4.78 is 41.4. The Hall–Kier alpha value is -0.840. The molecule has 0 radical (unpaired) electrons. The molecule has 2 atom stereocenters. The van der Waals surface area contributed by atoms with Crippen molar-refractivity contribution in [2.24, 2.45) is 0 Å². The summed E-state index contributed by atoms with van der Waals surface area (Å²) in [7, 11) is 0. The molecule has 2 unspecified atom stereocenters. The Morgan fingerprint density at radius 2 is 2.12 bits per heavy atom. The number of hydrogen-bond donors (Lipinski definition) is 0. The van der Waals surface area contributed by atoms with E-state index in [9.17, 15) is 18.0 Å². The van der Waals surface area contributed by atoms with Gasteiger partial charge in [-0.25, -0.2) is 13.2 Å². The summed E-state index contributed by atoms with van der Waals surface area (Å²) in [6, 6.07) is 2.35. The van der Waals surface area contributed by atoms with Gasteiger partial charge < -0.3 is 0 Å². The Morgan fingerprint density at radius 3 is 2.75 bits per heavy atom. The van der Waals surface area contributed by atoms with Gasteiger partial charge >= 0.3 is 0 Å². The summed E-state index contributed by atoms with van der Waals surface area (Å²) in [6.07, 6.45) is -2.54. The predicted octanol–water partition coefficient (Wildman–Crippen LogP) is 3.70. The molecule has 1 aliphatic carbocycles. The minimum atomic E-state index is -2.45. The lowest BCUT2D eigenvalue weighted by Crippen LogP contribution is -2.38.